The highest BCUT2D eigenvalue weighted by Crippen LogP contribution is 2.28. The molecular weight excluding hydrogens is 368 g/mol. The highest BCUT2D eigenvalue weighted by molar-refractivity contribution is 9.10. The lowest BCUT2D eigenvalue weighted by Gasteiger charge is -2.16. The number of halogens is 2. The smallest absolute Gasteiger partial charge is 0.265 e. The number of hydrogen-bond donors (Lipinski definition) is 1. The van der Waals surface area contributed by atoms with Gasteiger partial charge >= 0.3 is 0 Å². The molecule has 2 rings (SSSR count). The van der Waals surface area contributed by atoms with E-state index in [0.29, 0.717) is 26.5 Å². The molecule has 1 amide bonds. The second kappa shape index (κ2) is 7.30. The minimum atomic E-state index is -0.705. The average Bonchev–Trinajstić information content (AvgIpc) is 2.50. The summed E-state index contributed by atoms with van der Waals surface area (Å²) in [5, 5.41) is 12.1. The number of amides is 1. The summed E-state index contributed by atoms with van der Waals surface area (Å²) in [5.41, 5.74) is 1.03. The Labute approximate surface area is 141 Å². The molecule has 0 saturated carbocycles. The van der Waals surface area contributed by atoms with E-state index in [1.54, 1.807) is 49.4 Å². The van der Waals surface area contributed by atoms with Crippen molar-refractivity contribution in [1.82, 2.24) is 0 Å². The molecule has 0 aromatic heterocycles. The molecule has 1 N–H and O–H groups in total. The van der Waals surface area contributed by atoms with Crippen LogP contribution >= 0.6 is 27.5 Å². The molecule has 0 fully saturated rings. The minimum Gasteiger partial charge on any atom is -0.480 e. The van der Waals surface area contributed by atoms with Gasteiger partial charge in [0, 0.05) is 10.7 Å². The molecule has 0 bridgehead atoms. The molecule has 0 aliphatic rings. The third-order valence-corrected chi connectivity index (χ3v) is 3.68. The normalized spacial score (nSPS) is 11.4. The SMILES string of the molecule is C[C@@H](Oc1ccc(Cl)cc1Br)C(=O)Nc1cccc(C#N)c1. The third kappa shape index (κ3) is 4.23. The van der Waals surface area contributed by atoms with Gasteiger partial charge in [0.1, 0.15) is 5.75 Å². The third-order valence-electron chi connectivity index (χ3n) is 2.83. The molecule has 0 aliphatic heterocycles. The summed E-state index contributed by atoms with van der Waals surface area (Å²) in [5.74, 6) is 0.217. The number of nitrogens with zero attached hydrogens (tertiary/aromatic N) is 1. The van der Waals surface area contributed by atoms with Crippen LogP contribution in [-0.2, 0) is 4.79 Å². The number of nitrogens with one attached hydrogen (secondary N) is 1. The summed E-state index contributed by atoms with van der Waals surface area (Å²) in [4.78, 5) is 12.1. The van der Waals surface area contributed by atoms with Crippen molar-refractivity contribution in [1.29, 1.82) is 5.26 Å². The Morgan fingerprint density at radius 1 is 1.36 bits per heavy atom. The van der Waals surface area contributed by atoms with Gasteiger partial charge in [0.05, 0.1) is 16.1 Å². The molecule has 0 spiro atoms. The highest BCUT2D eigenvalue weighted by atomic mass is 79.9. The Kier molecular flexibility index (Phi) is 5.42. The van der Waals surface area contributed by atoms with Crippen molar-refractivity contribution in [2.24, 2.45) is 0 Å². The maximum atomic E-state index is 12.1. The van der Waals surface area contributed by atoms with Crippen LogP contribution in [0.15, 0.2) is 46.9 Å². The van der Waals surface area contributed by atoms with Gasteiger partial charge in [0.15, 0.2) is 6.10 Å². The molecule has 0 heterocycles. The van der Waals surface area contributed by atoms with E-state index in [1.165, 1.54) is 0 Å². The summed E-state index contributed by atoms with van der Waals surface area (Å²) < 4.78 is 6.28. The van der Waals surface area contributed by atoms with E-state index in [0.717, 1.165) is 0 Å². The number of anilines is 1. The maximum absolute atomic E-state index is 12.1. The van der Waals surface area contributed by atoms with E-state index in [4.69, 9.17) is 21.6 Å². The van der Waals surface area contributed by atoms with Crippen molar-refractivity contribution in [3.8, 4) is 11.8 Å². The highest BCUT2D eigenvalue weighted by Gasteiger charge is 2.16. The molecule has 2 aromatic rings. The zero-order valence-electron chi connectivity index (χ0n) is 11.6. The standard InChI is InChI=1S/C16H12BrClN2O2/c1-10(22-15-6-5-12(18)8-14(15)17)16(21)20-13-4-2-3-11(7-13)9-19/h2-8,10H,1H3,(H,20,21)/t10-/m1/s1. The van der Waals surface area contributed by atoms with Gasteiger partial charge in [-0.3, -0.25) is 4.79 Å². The first-order valence-corrected chi connectivity index (χ1v) is 7.59. The van der Waals surface area contributed by atoms with E-state index in [2.05, 4.69) is 21.2 Å². The van der Waals surface area contributed by atoms with Crippen molar-refractivity contribution in [2.45, 2.75) is 13.0 Å². The van der Waals surface area contributed by atoms with Crippen LogP contribution in [0.5, 0.6) is 5.75 Å². The zero-order chi connectivity index (χ0) is 16.1. The fraction of sp³-hybridized carbons (Fsp3) is 0.125. The number of rotatable bonds is 4. The van der Waals surface area contributed by atoms with Crippen molar-refractivity contribution in [3.63, 3.8) is 0 Å². The number of carbonyl (C=O) groups is 1. The van der Waals surface area contributed by atoms with Gasteiger partial charge in [-0.2, -0.15) is 5.26 Å². The Hall–Kier alpha value is -2.03. The molecule has 0 radical (unpaired) electrons. The lowest BCUT2D eigenvalue weighted by atomic mass is 10.2. The van der Waals surface area contributed by atoms with Gasteiger partial charge in [-0.25, -0.2) is 0 Å². The zero-order valence-corrected chi connectivity index (χ0v) is 14.0. The molecular formula is C16H12BrClN2O2. The van der Waals surface area contributed by atoms with Gasteiger partial charge < -0.3 is 10.1 Å². The molecule has 0 saturated heterocycles. The quantitative estimate of drug-likeness (QED) is 0.857. The van der Waals surface area contributed by atoms with Gasteiger partial charge in [-0.1, -0.05) is 17.7 Å². The molecule has 0 unspecified atom stereocenters. The van der Waals surface area contributed by atoms with E-state index < -0.39 is 6.10 Å². The summed E-state index contributed by atoms with van der Waals surface area (Å²) in [6, 6.07) is 13.8. The molecule has 6 heteroatoms. The number of hydrogen-bond acceptors (Lipinski definition) is 3. The summed E-state index contributed by atoms with van der Waals surface area (Å²) in [6.07, 6.45) is -0.705. The van der Waals surface area contributed by atoms with E-state index in [1.807, 2.05) is 6.07 Å². The largest absolute Gasteiger partial charge is 0.480 e. The molecule has 2 aromatic carbocycles. The predicted octanol–water partition coefficient (Wildman–Crippen LogP) is 4.38. The van der Waals surface area contributed by atoms with Crippen LogP contribution in [0.25, 0.3) is 0 Å². The van der Waals surface area contributed by atoms with Crippen LogP contribution in [0, 0.1) is 11.3 Å². The Morgan fingerprint density at radius 3 is 2.82 bits per heavy atom. The van der Waals surface area contributed by atoms with Crippen molar-refractivity contribution in [3.05, 3.63) is 57.5 Å². The summed E-state index contributed by atoms with van der Waals surface area (Å²) in [6.45, 7) is 1.64. The van der Waals surface area contributed by atoms with Gasteiger partial charge in [0.25, 0.3) is 5.91 Å². The van der Waals surface area contributed by atoms with E-state index in [-0.39, 0.29) is 5.91 Å². The maximum Gasteiger partial charge on any atom is 0.265 e. The van der Waals surface area contributed by atoms with Crippen LogP contribution in [0.3, 0.4) is 0 Å². The second-order valence-corrected chi connectivity index (χ2v) is 5.81. The first-order chi connectivity index (χ1) is 10.5. The van der Waals surface area contributed by atoms with Crippen LogP contribution in [-0.4, -0.2) is 12.0 Å². The van der Waals surface area contributed by atoms with Crippen LogP contribution in [0.4, 0.5) is 5.69 Å². The van der Waals surface area contributed by atoms with Crippen LogP contribution < -0.4 is 10.1 Å². The molecule has 22 heavy (non-hydrogen) atoms. The fourth-order valence-electron chi connectivity index (χ4n) is 1.73. The predicted molar refractivity (Wildman–Crippen MR) is 89.0 cm³/mol. The Bertz CT molecular complexity index is 743. The number of ether oxygens (including phenoxy) is 1. The van der Waals surface area contributed by atoms with Crippen molar-refractivity contribution in [2.75, 3.05) is 5.32 Å². The molecule has 4 nitrogen and oxygen atoms in total. The second-order valence-electron chi connectivity index (χ2n) is 4.52. The topological polar surface area (TPSA) is 62.1 Å². The molecule has 1 atom stereocenters. The number of benzene rings is 2. The average molecular weight is 380 g/mol. The van der Waals surface area contributed by atoms with Gasteiger partial charge in [-0.15, -0.1) is 0 Å². The van der Waals surface area contributed by atoms with Crippen LogP contribution in [0.2, 0.25) is 5.02 Å². The van der Waals surface area contributed by atoms with Crippen molar-refractivity contribution >= 4 is 39.1 Å². The lowest BCUT2D eigenvalue weighted by Crippen LogP contribution is -2.30. The minimum absolute atomic E-state index is 0.308. The number of nitriles is 1. The van der Waals surface area contributed by atoms with Gasteiger partial charge in [0.2, 0.25) is 0 Å². The van der Waals surface area contributed by atoms with Crippen molar-refractivity contribution < 1.29 is 9.53 Å². The Balaban J connectivity index is 2.04. The number of carbonyl (C=O) groups excluding carboxylic acids is 1. The Morgan fingerprint density at radius 2 is 2.14 bits per heavy atom. The fourth-order valence-corrected chi connectivity index (χ4v) is 2.50. The summed E-state index contributed by atoms with van der Waals surface area (Å²) in [7, 11) is 0. The van der Waals surface area contributed by atoms with E-state index in [9.17, 15) is 4.79 Å². The summed E-state index contributed by atoms with van der Waals surface area (Å²) >= 11 is 9.19. The monoisotopic (exact) mass is 378 g/mol. The molecule has 112 valence electrons. The van der Waals surface area contributed by atoms with E-state index >= 15 is 0 Å². The first-order valence-electron chi connectivity index (χ1n) is 6.42. The molecule has 0 aliphatic carbocycles. The lowest BCUT2D eigenvalue weighted by molar-refractivity contribution is -0.122. The van der Waals surface area contributed by atoms with Crippen LogP contribution in [0.1, 0.15) is 12.5 Å². The van der Waals surface area contributed by atoms with Gasteiger partial charge in [-0.05, 0) is 59.3 Å². The first kappa shape index (κ1) is 16.3.